The zero-order chi connectivity index (χ0) is 13.0. The number of hydrogen-bond acceptors (Lipinski definition) is 4. The van der Waals surface area contributed by atoms with Gasteiger partial charge in [0, 0.05) is 30.1 Å². The van der Waals surface area contributed by atoms with E-state index in [0.717, 1.165) is 0 Å². The molecule has 0 aromatic heterocycles. The number of rotatable bonds is 3. The molecule has 6 nitrogen and oxygen atoms in total. The maximum atomic E-state index is 11.4. The van der Waals surface area contributed by atoms with Gasteiger partial charge in [-0.25, -0.2) is 0 Å². The van der Waals surface area contributed by atoms with E-state index in [0.29, 0.717) is 0 Å². The summed E-state index contributed by atoms with van der Waals surface area (Å²) in [6.07, 6.45) is 0. The van der Waals surface area contributed by atoms with Crippen LogP contribution in [0.5, 0.6) is 0 Å². The molecule has 0 fully saturated rings. The molecule has 0 saturated heterocycles. The Morgan fingerprint density at radius 2 is 1.47 bits per heavy atom. The van der Waals surface area contributed by atoms with Crippen LogP contribution < -0.4 is 10.6 Å². The number of benzene rings is 1. The maximum Gasteiger partial charge on any atom is 0.251 e. The van der Waals surface area contributed by atoms with E-state index in [-0.39, 0.29) is 16.0 Å². The van der Waals surface area contributed by atoms with E-state index in [4.69, 9.17) is 0 Å². The monoisotopic (exact) mass is 255 g/mol. The van der Waals surface area contributed by atoms with Crippen molar-refractivity contribution >= 4 is 22.9 Å². The number of nitrogens with one attached hydrogen (secondary N) is 2. The SMILES string of the molecule is CNC(=O)c1cc(C(=O)NC)cc(S(=O)[O-])c1. The summed E-state index contributed by atoms with van der Waals surface area (Å²) >= 11 is -2.50. The van der Waals surface area contributed by atoms with Gasteiger partial charge in [-0.1, -0.05) is 0 Å². The van der Waals surface area contributed by atoms with Crippen LogP contribution >= 0.6 is 0 Å². The molecule has 17 heavy (non-hydrogen) atoms. The minimum Gasteiger partial charge on any atom is -0.768 e. The lowest BCUT2D eigenvalue weighted by Crippen LogP contribution is -2.21. The van der Waals surface area contributed by atoms with Crippen molar-refractivity contribution < 1.29 is 18.4 Å². The average Bonchev–Trinajstić information content (AvgIpc) is 2.36. The number of carbonyl (C=O) groups is 2. The molecule has 1 aromatic carbocycles. The van der Waals surface area contributed by atoms with Crippen molar-refractivity contribution in [1.82, 2.24) is 10.6 Å². The minimum atomic E-state index is -2.50. The highest BCUT2D eigenvalue weighted by atomic mass is 32.2. The molecule has 0 spiro atoms. The molecular formula is C10H11N2O4S-. The zero-order valence-corrected chi connectivity index (χ0v) is 10.1. The van der Waals surface area contributed by atoms with Crippen molar-refractivity contribution in [3.63, 3.8) is 0 Å². The van der Waals surface area contributed by atoms with Gasteiger partial charge in [0.25, 0.3) is 11.8 Å². The van der Waals surface area contributed by atoms with Crippen molar-refractivity contribution in [3.05, 3.63) is 29.3 Å². The van der Waals surface area contributed by atoms with E-state index in [9.17, 15) is 18.4 Å². The first-order valence-electron chi connectivity index (χ1n) is 4.68. The third kappa shape index (κ3) is 3.11. The highest BCUT2D eigenvalue weighted by molar-refractivity contribution is 7.79. The van der Waals surface area contributed by atoms with Crippen molar-refractivity contribution in [2.75, 3.05) is 14.1 Å². The molecule has 1 aromatic rings. The fourth-order valence-corrected chi connectivity index (χ4v) is 1.69. The van der Waals surface area contributed by atoms with Crippen LogP contribution in [-0.2, 0) is 11.1 Å². The molecule has 92 valence electrons. The Morgan fingerprint density at radius 3 is 1.76 bits per heavy atom. The van der Waals surface area contributed by atoms with Gasteiger partial charge in [0.15, 0.2) is 0 Å². The molecule has 2 amide bonds. The molecule has 0 aliphatic carbocycles. The lowest BCUT2D eigenvalue weighted by atomic mass is 10.1. The summed E-state index contributed by atoms with van der Waals surface area (Å²) in [5.41, 5.74) is 0.237. The minimum absolute atomic E-state index is 0.107. The summed E-state index contributed by atoms with van der Waals surface area (Å²) in [6.45, 7) is 0. The topological polar surface area (TPSA) is 98.3 Å². The van der Waals surface area contributed by atoms with Gasteiger partial charge in [-0.05, 0) is 29.3 Å². The van der Waals surface area contributed by atoms with E-state index < -0.39 is 22.9 Å². The predicted octanol–water partition coefficient (Wildman–Crippen LogP) is -0.356. The molecule has 0 bridgehead atoms. The van der Waals surface area contributed by atoms with Gasteiger partial charge >= 0.3 is 0 Å². The van der Waals surface area contributed by atoms with Crippen LogP contribution in [0.2, 0.25) is 0 Å². The quantitative estimate of drug-likeness (QED) is 0.721. The Hall–Kier alpha value is -1.73. The second kappa shape index (κ2) is 5.55. The fourth-order valence-electron chi connectivity index (χ4n) is 1.25. The summed E-state index contributed by atoms with van der Waals surface area (Å²) < 4.78 is 21.7. The van der Waals surface area contributed by atoms with Crippen LogP contribution in [-0.4, -0.2) is 34.7 Å². The molecule has 1 rings (SSSR count). The van der Waals surface area contributed by atoms with Gasteiger partial charge in [0.1, 0.15) is 0 Å². The van der Waals surface area contributed by atoms with Crippen molar-refractivity contribution in [2.45, 2.75) is 4.90 Å². The zero-order valence-electron chi connectivity index (χ0n) is 9.27. The normalized spacial score (nSPS) is 11.7. The molecule has 7 heteroatoms. The summed E-state index contributed by atoms with van der Waals surface area (Å²) in [7, 11) is 2.84. The second-order valence-electron chi connectivity index (χ2n) is 3.14. The van der Waals surface area contributed by atoms with Gasteiger partial charge in [-0.2, -0.15) is 0 Å². The first kappa shape index (κ1) is 13.3. The summed E-state index contributed by atoms with van der Waals surface area (Å²) in [4.78, 5) is 22.7. The first-order valence-corrected chi connectivity index (χ1v) is 5.75. The number of amides is 2. The largest absolute Gasteiger partial charge is 0.768 e. The number of carbonyl (C=O) groups excluding carboxylic acids is 2. The third-order valence-corrected chi connectivity index (χ3v) is 2.70. The van der Waals surface area contributed by atoms with Crippen LogP contribution in [0.25, 0.3) is 0 Å². The van der Waals surface area contributed by atoms with Crippen LogP contribution in [0.3, 0.4) is 0 Å². The van der Waals surface area contributed by atoms with Gasteiger partial charge in [-0.15, -0.1) is 0 Å². The lowest BCUT2D eigenvalue weighted by Gasteiger charge is -2.10. The van der Waals surface area contributed by atoms with Gasteiger partial charge < -0.3 is 15.2 Å². The van der Waals surface area contributed by atoms with Gasteiger partial charge in [0.05, 0.1) is 0 Å². The van der Waals surface area contributed by atoms with Crippen LogP contribution in [0.4, 0.5) is 0 Å². The molecule has 0 heterocycles. The Labute approximate surface area is 101 Å². The summed E-state index contributed by atoms with van der Waals surface area (Å²) in [5.74, 6) is -0.912. The van der Waals surface area contributed by atoms with E-state index in [1.165, 1.54) is 32.3 Å². The smallest absolute Gasteiger partial charge is 0.251 e. The van der Waals surface area contributed by atoms with Crippen LogP contribution in [0.15, 0.2) is 23.1 Å². The van der Waals surface area contributed by atoms with Crippen LogP contribution in [0.1, 0.15) is 20.7 Å². The van der Waals surface area contributed by atoms with Crippen LogP contribution in [0, 0.1) is 0 Å². The Kier molecular flexibility index (Phi) is 4.36. The molecule has 0 radical (unpaired) electrons. The summed E-state index contributed by atoms with van der Waals surface area (Å²) in [5, 5.41) is 4.72. The Bertz CT molecular complexity index is 453. The molecule has 0 saturated carbocycles. The van der Waals surface area contributed by atoms with E-state index >= 15 is 0 Å². The maximum absolute atomic E-state index is 11.4. The number of hydrogen-bond donors (Lipinski definition) is 2. The predicted molar refractivity (Wildman–Crippen MR) is 60.4 cm³/mol. The first-order chi connectivity index (χ1) is 7.99. The standard InChI is InChI=1S/C10H12N2O4S/c1-11-9(13)6-3-7(10(14)12-2)5-8(4-6)17(15)16/h3-5H,1-2H3,(H,11,13)(H,12,14)(H,15,16)/p-1. The van der Waals surface area contributed by atoms with Gasteiger partial charge in [0.2, 0.25) is 0 Å². The van der Waals surface area contributed by atoms with Crippen molar-refractivity contribution in [3.8, 4) is 0 Å². The molecular weight excluding hydrogens is 244 g/mol. The fraction of sp³-hybridized carbons (Fsp3) is 0.200. The average molecular weight is 255 g/mol. The third-order valence-electron chi connectivity index (χ3n) is 2.08. The van der Waals surface area contributed by atoms with E-state index in [2.05, 4.69) is 10.6 Å². The van der Waals surface area contributed by atoms with E-state index in [1.807, 2.05) is 0 Å². The molecule has 2 N–H and O–H groups in total. The molecule has 0 aliphatic rings. The second-order valence-corrected chi connectivity index (χ2v) is 4.08. The molecule has 0 aliphatic heterocycles. The summed E-state index contributed by atoms with van der Waals surface area (Å²) in [6, 6.07) is 3.73. The lowest BCUT2D eigenvalue weighted by molar-refractivity contribution is 0.0962. The Balaban J connectivity index is 3.33. The Morgan fingerprint density at radius 1 is 1.06 bits per heavy atom. The van der Waals surface area contributed by atoms with E-state index in [1.54, 1.807) is 0 Å². The van der Waals surface area contributed by atoms with Crippen molar-refractivity contribution in [1.29, 1.82) is 0 Å². The molecule has 1 unspecified atom stereocenters. The van der Waals surface area contributed by atoms with Gasteiger partial charge in [-0.3, -0.25) is 13.8 Å². The highest BCUT2D eigenvalue weighted by Crippen LogP contribution is 2.13. The highest BCUT2D eigenvalue weighted by Gasteiger charge is 2.11. The molecule has 1 atom stereocenters. The van der Waals surface area contributed by atoms with Crippen molar-refractivity contribution in [2.24, 2.45) is 0 Å².